The molecule has 4 atom stereocenters. The van der Waals surface area contributed by atoms with Gasteiger partial charge >= 0.3 is 5.97 Å². The molecule has 1 heterocycles. The van der Waals surface area contributed by atoms with Crippen LogP contribution < -0.4 is 5.32 Å². The molecular formula is C19H24ClNO3S. The van der Waals surface area contributed by atoms with Crippen molar-refractivity contribution in [1.82, 2.24) is 5.32 Å². The Morgan fingerprint density at radius 3 is 2.68 bits per heavy atom. The molecule has 4 fully saturated rings. The largest absolute Gasteiger partial charge is 0.455 e. The third kappa shape index (κ3) is 3.59. The highest BCUT2D eigenvalue weighted by Crippen LogP contribution is 2.64. The number of ether oxygens (including phenoxy) is 1. The lowest BCUT2D eigenvalue weighted by atomic mass is 9.49. The molecule has 6 heteroatoms. The van der Waals surface area contributed by atoms with Gasteiger partial charge in [-0.3, -0.25) is 9.59 Å². The van der Waals surface area contributed by atoms with E-state index in [1.807, 2.05) is 17.5 Å². The topological polar surface area (TPSA) is 55.4 Å². The van der Waals surface area contributed by atoms with Crippen LogP contribution >= 0.6 is 22.9 Å². The van der Waals surface area contributed by atoms with Gasteiger partial charge in [0, 0.05) is 16.3 Å². The van der Waals surface area contributed by atoms with Crippen LogP contribution in [0.25, 0.3) is 0 Å². The minimum absolute atomic E-state index is 0.185. The molecule has 5 rings (SSSR count). The van der Waals surface area contributed by atoms with E-state index in [1.165, 1.54) is 11.3 Å². The Hall–Kier alpha value is -1.07. The van der Waals surface area contributed by atoms with Crippen molar-refractivity contribution < 1.29 is 14.3 Å². The zero-order chi connectivity index (χ0) is 17.5. The van der Waals surface area contributed by atoms with E-state index in [0.29, 0.717) is 24.8 Å². The van der Waals surface area contributed by atoms with Crippen molar-refractivity contribution in [2.75, 3.05) is 13.2 Å². The average Bonchev–Trinajstić information content (AvgIpc) is 3.03. The minimum atomic E-state index is -0.441. The van der Waals surface area contributed by atoms with Gasteiger partial charge in [0.2, 0.25) is 0 Å². The molecule has 4 nitrogen and oxygen atoms in total. The molecule has 136 valence electrons. The predicted octanol–water partition coefficient (Wildman–Crippen LogP) is 3.53. The molecule has 1 aromatic heterocycles. The van der Waals surface area contributed by atoms with E-state index in [4.69, 9.17) is 16.3 Å². The molecule has 2 unspecified atom stereocenters. The number of carbonyl (C=O) groups is 2. The molecule has 0 aliphatic heterocycles. The number of hydrogen-bond donors (Lipinski definition) is 1. The summed E-state index contributed by atoms with van der Waals surface area (Å²) >= 11 is 8.43. The smallest absolute Gasteiger partial charge is 0.312 e. The molecular weight excluding hydrogens is 358 g/mol. The summed E-state index contributed by atoms with van der Waals surface area (Å²) in [4.78, 5) is 25.7. The van der Waals surface area contributed by atoms with E-state index in [0.717, 1.165) is 32.1 Å². The van der Waals surface area contributed by atoms with E-state index in [-0.39, 0.29) is 23.4 Å². The number of thiophene rings is 1. The number of hydrogen-bond acceptors (Lipinski definition) is 4. The van der Waals surface area contributed by atoms with Gasteiger partial charge in [0.15, 0.2) is 6.61 Å². The summed E-state index contributed by atoms with van der Waals surface area (Å²) in [5, 5.41) is 4.84. The van der Waals surface area contributed by atoms with E-state index < -0.39 is 5.41 Å². The Balaban J connectivity index is 1.27. The fourth-order valence-corrected chi connectivity index (χ4v) is 6.91. The number of carbonyl (C=O) groups excluding carboxylic acids is 2. The standard InChI is InChI=1S/C19H24ClNO3S/c20-19-9-13-6-14(10-19)8-18(7-13,12-19)17(23)24-11-16(22)21-4-3-15-2-1-5-25-15/h1-2,5,13-14H,3-4,6-12H2,(H,21,22)/t13-,14+,18?,19?. The van der Waals surface area contributed by atoms with Crippen LogP contribution in [0.1, 0.15) is 43.4 Å². The Bertz CT molecular complexity index is 646. The summed E-state index contributed by atoms with van der Waals surface area (Å²) in [6.45, 7) is 0.382. The van der Waals surface area contributed by atoms with Gasteiger partial charge < -0.3 is 10.1 Å². The van der Waals surface area contributed by atoms with E-state index in [9.17, 15) is 9.59 Å². The van der Waals surface area contributed by atoms with Gasteiger partial charge in [-0.25, -0.2) is 0 Å². The zero-order valence-corrected chi connectivity index (χ0v) is 15.8. The molecule has 1 aromatic rings. The monoisotopic (exact) mass is 381 g/mol. The number of alkyl halides is 1. The van der Waals surface area contributed by atoms with Crippen LogP contribution in [0.3, 0.4) is 0 Å². The van der Waals surface area contributed by atoms with Gasteiger partial charge in [0.05, 0.1) is 5.41 Å². The molecule has 0 aromatic carbocycles. The van der Waals surface area contributed by atoms with Gasteiger partial charge in [-0.05, 0) is 68.2 Å². The summed E-state index contributed by atoms with van der Waals surface area (Å²) in [6, 6.07) is 4.05. The van der Waals surface area contributed by atoms with Gasteiger partial charge in [0.1, 0.15) is 0 Å². The summed E-state index contributed by atoms with van der Waals surface area (Å²) in [5.41, 5.74) is -0.441. The first-order valence-corrected chi connectivity index (χ1v) is 10.4. The lowest BCUT2D eigenvalue weighted by Crippen LogP contribution is -2.56. The van der Waals surface area contributed by atoms with Gasteiger partial charge in [0.25, 0.3) is 5.91 Å². The maximum Gasteiger partial charge on any atom is 0.312 e. The van der Waals surface area contributed by atoms with Crippen LogP contribution in [0.5, 0.6) is 0 Å². The minimum Gasteiger partial charge on any atom is -0.455 e. The van der Waals surface area contributed by atoms with Crippen LogP contribution in [0, 0.1) is 17.3 Å². The second kappa shape index (κ2) is 6.58. The molecule has 4 bridgehead atoms. The normalized spacial score (nSPS) is 35.6. The highest BCUT2D eigenvalue weighted by atomic mass is 35.5. The maximum atomic E-state index is 12.7. The van der Waals surface area contributed by atoms with Crippen LogP contribution in [-0.4, -0.2) is 29.9 Å². The van der Waals surface area contributed by atoms with Crippen molar-refractivity contribution in [2.45, 2.75) is 49.8 Å². The van der Waals surface area contributed by atoms with E-state index in [1.54, 1.807) is 11.3 Å². The highest BCUT2D eigenvalue weighted by molar-refractivity contribution is 7.09. The van der Waals surface area contributed by atoms with Crippen molar-refractivity contribution in [3.63, 3.8) is 0 Å². The Labute approximate surface area is 157 Å². The molecule has 0 radical (unpaired) electrons. The number of amides is 1. The Kier molecular flexibility index (Phi) is 4.57. The summed E-state index contributed by atoms with van der Waals surface area (Å²) in [7, 11) is 0. The molecule has 4 aliphatic rings. The third-order valence-electron chi connectivity index (χ3n) is 6.03. The number of rotatable bonds is 6. The van der Waals surface area contributed by atoms with Gasteiger partial charge in [-0.2, -0.15) is 0 Å². The SMILES string of the molecule is O=C(COC(=O)C12C[C@@H]3C[C@@H](CC(Cl)(C3)C1)C2)NCCc1cccs1. The first kappa shape index (κ1) is 17.3. The zero-order valence-electron chi connectivity index (χ0n) is 14.3. The van der Waals surface area contributed by atoms with Crippen LogP contribution in [-0.2, 0) is 20.7 Å². The second-order valence-electron chi connectivity index (χ2n) is 8.15. The lowest BCUT2D eigenvalue weighted by Gasteiger charge is -2.58. The first-order valence-electron chi connectivity index (χ1n) is 9.12. The number of nitrogens with one attached hydrogen (secondary N) is 1. The van der Waals surface area contributed by atoms with Gasteiger partial charge in [-0.1, -0.05) is 6.07 Å². The van der Waals surface area contributed by atoms with Gasteiger partial charge in [-0.15, -0.1) is 22.9 Å². The van der Waals surface area contributed by atoms with Crippen molar-refractivity contribution in [3.8, 4) is 0 Å². The molecule has 0 spiro atoms. The van der Waals surface area contributed by atoms with Crippen LogP contribution in [0.2, 0.25) is 0 Å². The fourth-order valence-electron chi connectivity index (χ4n) is 5.50. The number of halogens is 1. The molecule has 1 amide bonds. The maximum absolute atomic E-state index is 12.7. The lowest BCUT2D eigenvalue weighted by molar-refractivity contribution is -0.171. The van der Waals surface area contributed by atoms with Crippen molar-refractivity contribution in [2.24, 2.45) is 17.3 Å². The van der Waals surface area contributed by atoms with Crippen LogP contribution in [0.4, 0.5) is 0 Å². The van der Waals surface area contributed by atoms with Crippen molar-refractivity contribution >= 4 is 34.8 Å². The van der Waals surface area contributed by atoms with Crippen LogP contribution in [0.15, 0.2) is 17.5 Å². The van der Waals surface area contributed by atoms with E-state index >= 15 is 0 Å². The summed E-state index contributed by atoms with van der Waals surface area (Å²) < 4.78 is 5.41. The quantitative estimate of drug-likeness (QED) is 0.605. The van der Waals surface area contributed by atoms with Crippen molar-refractivity contribution in [1.29, 1.82) is 0 Å². The highest BCUT2D eigenvalue weighted by Gasteiger charge is 2.60. The first-order chi connectivity index (χ1) is 12.0. The molecule has 1 N–H and O–H groups in total. The number of esters is 1. The Morgan fingerprint density at radius 1 is 1.28 bits per heavy atom. The van der Waals surface area contributed by atoms with E-state index in [2.05, 4.69) is 5.32 Å². The summed E-state index contributed by atoms with van der Waals surface area (Å²) in [5.74, 6) is 0.659. The Morgan fingerprint density at radius 2 is 2.04 bits per heavy atom. The fraction of sp³-hybridized carbons (Fsp3) is 0.684. The molecule has 4 saturated carbocycles. The molecule has 0 saturated heterocycles. The average molecular weight is 382 g/mol. The third-order valence-corrected chi connectivity index (χ3v) is 7.41. The second-order valence-corrected chi connectivity index (χ2v) is 9.98. The summed E-state index contributed by atoms with van der Waals surface area (Å²) in [6.07, 6.45) is 6.56. The predicted molar refractivity (Wildman–Crippen MR) is 97.7 cm³/mol. The van der Waals surface area contributed by atoms with Crippen molar-refractivity contribution in [3.05, 3.63) is 22.4 Å². The molecule has 4 aliphatic carbocycles. The molecule has 25 heavy (non-hydrogen) atoms.